The molecule has 0 radical (unpaired) electrons. The molecule has 0 aromatic carbocycles. The maximum absolute atomic E-state index is 11.6. The van der Waals surface area contributed by atoms with Crippen molar-refractivity contribution in [1.82, 2.24) is 5.32 Å². The molecule has 0 aliphatic carbocycles. The van der Waals surface area contributed by atoms with Crippen molar-refractivity contribution in [2.24, 2.45) is 10.8 Å². The third-order valence-corrected chi connectivity index (χ3v) is 2.72. The maximum atomic E-state index is 11.6. The minimum atomic E-state index is -0.377. The van der Waals surface area contributed by atoms with E-state index in [-0.39, 0.29) is 23.0 Å². The molecule has 0 saturated heterocycles. The molecule has 0 aromatic rings. The zero-order valence-corrected chi connectivity index (χ0v) is 12.3. The summed E-state index contributed by atoms with van der Waals surface area (Å²) in [6, 6.07) is -0.0958. The van der Waals surface area contributed by atoms with E-state index in [0.29, 0.717) is 6.61 Å². The van der Waals surface area contributed by atoms with Gasteiger partial charge in [0.1, 0.15) is 0 Å². The summed E-state index contributed by atoms with van der Waals surface area (Å²) < 4.78 is 4.94. The van der Waals surface area contributed by atoms with Crippen molar-refractivity contribution in [2.75, 3.05) is 6.61 Å². The van der Waals surface area contributed by atoms with Gasteiger partial charge in [0.2, 0.25) is 0 Å². The molecule has 1 unspecified atom stereocenters. The van der Waals surface area contributed by atoms with Crippen LogP contribution in [-0.4, -0.2) is 18.7 Å². The van der Waals surface area contributed by atoms with Crippen molar-refractivity contribution < 1.29 is 9.53 Å². The molecule has 100 valence electrons. The molecule has 3 nitrogen and oxygen atoms in total. The molecule has 0 aliphatic rings. The van der Waals surface area contributed by atoms with E-state index in [2.05, 4.69) is 53.4 Å². The van der Waals surface area contributed by atoms with Gasteiger partial charge in [-0.15, -0.1) is 0 Å². The first-order valence-corrected chi connectivity index (χ1v) is 6.12. The van der Waals surface area contributed by atoms with Gasteiger partial charge in [0, 0.05) is 0 Å². The minimum Gasteiger partial charge on any atom is -0.450 e. The van der Waals surface area contributed by atoms with E-state index in [1.165, 1.54) is 0 Å². The van der Waals surface area contributed by atoms with Crippen LogP contribution >= 0.6 is 0 Å². The van der Waals surface area contributed by atoms with Crippen LogP contribution in [0.15, 0.2) is 12.2 Å². The summed E-state index contributed by atoms with van der Waals surface area (Å²) in [7, 11) is 0. The van der Waals surface area contributed by atoms with Crippen molar-refractivity contribution in [3.8, 4) is 0 Å². The number of nitrogens with one attached hydrogen (secondary N) is 1. The van der Waals surface area contributed by atoms with Crippen LogP contribution in [0, 0.1) is 10.8 Å². The molecule has 0 spiro atoms. The van der Waals surface area contributed by atoms with Gasteiger partial charge in [0.15, 0.2) is 0 Å². The summed E-state index contributed by atoms with van der Waals surface area (Å²) in [4.78, 5) is 11.6. The van der Waals surface area contributed by atoms with Gasteiger partial charge in [-0.1, -0.05) is 48.1 Å². The Kier molecular flexibility index (Phi) is 5.24. The second-order valence-electron chi connectivity index (χ2n) is 6.44. The molecule has 1 amide bonds. The van der Waals surface area contributed by atoms with Crippen LogP contribution in [0.3, 0.4) is 0 Å². The van der Waals surface area contributed by atoms with Gasteiger partial charge in [-0.2, -0.15) is 0 Å². The average Bonchev–Trinajstić information content (AvgIpc) is 2.10. The van der Waals surface area contributed by atoms with Gasteiger partial charge < -0.3 is 10.1 Å². The second kappa shape index (κ2) is 5.56. The van der Waals surface area contributed by atoms with Crippen molar-refractivity contribution in [1.29, 1.82) is 0 Å². The molecule has 0 heterocycles. The Morgan fingerprint density at radius 1 is 1.24 bits per heavy atom. The van der Waals surface area contributed by atoms with Crippen LogP contribution in [0.4, 0.5) is 4.79 Å². The Balaban J connectivity index is 4.92. The standard InChI is InChI=1S/C14H27NO2/c1-9-17-12(16)15-11(14(6,7)8)10(2)13(3,4)5/h11H,2,9H2,1,3-8H3,(H,15,16). The molecule has 0 aromatic heterocycles. The highest BCUT2D eigenvalue weighted by molar-refractivity contribution is 5.68. The third-order valence-electron chi connectivity index (χ3n) is 2.72. The normalized spacial score (nSPS) is 14.1. The van der Waals surface area contributed by atoms with E-state index in [1.54, 1.807) is 6.92 Å². The molecule has 17 heavy (non-hydrogen) atoms. The summed E-state index contributed by atoms with van der Waals surface area (Å²) in [6.45, 7) is 18.9. The van der Waals surface area contributed by atoms with E-state index in [4.69, 9.17) is 4.74 Å². The number of alkyl carbamates (subject to hydrolysis) is 1. The molecule has 3 heteroatoms. The SMILES string of the molecule is C=C(C(NC(=O)OCC)C(C)(C)C)C(C)(C)C. The van der Waals surface area contributed by atoms with E-state index in [9.17, 15) is 4.79 Å². The van der Waals surface area contributed by atoms with Crippen LogP contribution in [0.25, 0.3) is 0 Å². The fraction of sp³-hybridized carbons (Fsp3) is 0.786. The van der Waals surface area contributed by atoms with E-state index < -0.39 is 0 Å². The number of amides is 1. The van der Waals surface area contributed by atoms with Crippen LogP contribution < -0.4 is 5.32 Å². The lowest BCUT2D eigenvalue weighted by molar-refractivity contribution is 0.139. The molecule has 0 aliphatic heterocycles. The largest absolute Gasteiger partial charge is 0.450 e. The Labute approximate surface area is 106 Å². The Morgan fingerprint density at radius 2 is 1.71 bits per heavy atom. The lowest BCUT2D eigenvalue weighted by Gasteiger charge is -2.38. The molecular formula is C14H27NO2. The number of ether oxygens (including phenoxy) is 1. The van der Waals surface area contributed by atoms with Crippen LogP contribution in [0.1, 0.15) is 48.5 Å². The van der Waals surface area contributed by atoms with Crippen LogP contribution in [-0.2, 0) is 4.74 Å². The highest BCUT2D eigenvalue weighted by Gasteiger charge is 2.33. The summed E-state index contributed by atoms with van der Waals surface area (Å²) in [5.41, 5.74) is 0.882. The fourth-order valence-corrected chi connectivity index (χ4v) is 1.55. The Bertz CT molecular complexity index is 282. The highest BCUT2D eigenvalue weighted by atomic mass is 16.5. The van der Waals surface area contributed by atoms with Gasteiger partial charge in [-0.05, 0) is 23.3 Å². The molecule has 1 atom stereocenters. The first kappa shape index (κ1) is 16.0. The molecule has 0 saturated carbocycles. The third kappa shape index (κ3) is 5.24. The quantitative estimate of drug-likeness (QED) is 0.764. The molecular weight excluding hydrogens is 214 g/mol. The number of hydrogen-bond donors (Lipinski definition) is 1. The predicted molar refractivity (Wildman–Crippen MR) is 72.0 cm³/mol. The smallest absolute Gasteiger partial charge is 0.407 e. The Morgan fingerprint density at radius 3 is 2.00 bits per heavy atom. The van der Waals surface area contributed by atoms with E-state index in [0.717, 1.165) is 5.57 Å². The van der Waals surface area contributed by atoms with Crippen molar-refractivity contribution in [2.45, 2.75) is 54.5 Å². The first-order chi connectivity index (χ1) is 7.50. The fourth-order valence-electron chi connectivity index (χ4n) is 1.55. The molecule has 0 rings (SSSR count). The van der Waals surface area contributed by atoms with Crippen molar-refractivity contribution >= 4 is 6.09 Å². The van der Waals surface area contributed by atoms with Gasteiger partial charge in [0.25, 0.3) is 0 Å². The maximum Gasteiger partial charge on any atom is 0.407 e. The Hall–Kier alpha value is -0.990. The highest BCUT2D eigenvalue weighted by Crippen LogP contribution is 2.34. The van der Waals surface area contributed by atoms with Crippen LogP contribution in [0.5, 0.6) is 0 Å². The zero-order chi connectivity index (χ0) is 13.9. The topological polar surface area (TPSA) is 38.3 Å². The summed E-state index contributed by atoms with van der Waals surface area (Å²) >= 11 is 0. The van der Waals surface area contributed by atoms with E-state index in [1.807, 2.05) is 0 Å². The monoisotopic (exact) mass is 241 g/mol. The van der Waals surface area contributed by atoms with Gasteiger partial charge >= 0.3 is 6.09 Å². The molecule has 0 fully saturated rings. The second-order valence-corrected chi connectivity index (χ2v) is 6.44. The van der Waals surface area contributed by atoms with Crippen molar-refractivity contribution in [3.63, 3.8) is 0 Å². The molecule has 0 bridgehead atoms. The number of carbonyl (C=O) groups excluding carboxylic acids is 1. The number of carbonyl (C=O) groups is 1. The van der Waals surface area contributed by atoms with Crippen LogP contribution in [0.2, 0.25) is 0 Å². The lowest BCUT2D eigenvalue weighted by atomic mass is 9.73. The lowest BCUT2D eigenvalue weighted by Crippen LogP contribution is -2.47. The number of hydrogen-bond acceptors (Lipinski definition) is 2. The summed E-state index contributed by atoms with van der Waals surface area (Å²) in [5, 5.41) is 2.90. The first-order valence-electron chi connectivity index (χ1n) is 6.12. The summed E-state index contributed by atoms with van der Waals surface area (Å²) in [6.07, 6.45) is -0.377. The van der Waals surface area contributed by atoms with Crippen molar-refractivity contribution in [3.05, 3.63) is 12.2 Å². The van der Waals surface area contributed by atoms with Gasteiger partial charge in [-0.25, -0.2) is 4.79 Å². The van der Waals surface area contributed by atoms with E-state index >= 15 is 0 Å². The van der Waals surface area contributed by atoms with Gasteiger partial charge in [0.05, 0.1) is 12.6 Å². The summed E-state index contributed by atoms with van der Waals surface area (Å²) in [5.74, 6) is 0. The predicted octanol–water partition coefficient (Wildman–Crippen LogP) is 3.75. The minimum absolute atomic E-state index is 0.0442. The average molecular weight is 241 g/mol. The number of rotatable bonds is 3. The molecule has 1 N–H and O–H groups in total. The zero-order valence-electron chi connectivity index (χ0n) is 12.3. The van der Waals surface area contributed by atoms with Gasteiger partial charge in [-0.3, -0.25) is 0 Å².